The Hall–Kier alpha value is -1.32. The van der Waals surface area contributed by atoms with E-state index in [9.17, 15) is 8.42 Å². The van der Waals surface area contributed by atoms with Crippen molar-refractivity contribution in [1.29, 1.82) is 0 Å². The van der Waals surface area contributed by atoms with Gasteiger partial charge >= 0.3 is 7.12 Å². The molecule has 1 fully saturated rings. The molecule has 7 nitrogen and oxygen atoms in total. The van der Waals surface area contributed by atoms with Crippen LogP contribution in [0, 0.1) is 0 Å². The zero-order valence-corrected chi connectivity index (χ0v) is 16.0. The smallest absolute Gasteiger partial charge is 0.473 e. The summed E-state index contributed by atoms with van der Waals surface area (Å²) in [6.45, 7) is 11.5. The van der Waals surface area contributed by atoms with E-state index in [1.807, 2.05) is 41.5 Å². The first-order valence-corrected chi connectivity index (χ1v) is 9.70. The summed E-state index contributed by atoms with van der Waals surface area (Å²) in [6.07, 6.45) is 2.52. The summed E-state index contributed by atoms with van der Waals surface area (Å²) in [5.74, 6) is 0.218. The van der Waals surface area contributed by atoms with Crippen molar-refractivity contribution in [2.75, 3.05) is 11.0 Å². The van der Waals surface area contributed by atoms with Crippen molar-refractivity contribution in [2.24, 2.45) is 0 Å². The molecule has 1 aliphatic rings. The average Bonchev–Trinajstić information content (AvgIpc) is 2.58. The first-order chi connectivity index (χ1) is 10.8. The summed E-state index contributed by atoms with van der Waals surface area (Å²) in [5, 5.41) is 0. The molecule has 0 atom stereocenters. The van der Waals surface area contributed by atoms with Crippen molar-refractivity contribution < 1.29 is 22.5 Å². The van der Waals surface area contributed by atoms with Crippen molar-refractivity contribution in [3.8, 4) is 5.88 Å². The molecule has 134 valence electrons. The summed E-state index contributed by atoms with van der Waals surface area (Å²) < 4.78 is 43.2. The largest absolute Gasteiger partial charge is 0.496 e. The Bertz CT molecular complexity index is 703. The molecule has 2 heterocycles. The third-order valence-electron chi connectivity index (χ3n) is 4.04. The zero-order valence-electron chi connectivity index (χ0n) is 15.2. The van der Waals surface area contributed by atoms with Gasteiger partial charge in [-0.2, -0.15) is 0 Å². The molecule has 1 aromatic rings. The molecular weight excluding hydrogens is 331 g/mol. The molecule has 0 amide bonds. The zero-order chi connectivity index (χ0) is 18.3. The van der Waals surface area contributed by atoms with E-state index >= 15 is 0 Å². The quantitative estimate of drug-likeness (QED) is 0.806. The topological polar surface area (TPSA) is 86.8 Å². The van der Waals surface area contributed by atoms with Crippen LogP contribution in [0.25, 0.3) is 0 Å². The molecule has 0 bridgehead atoms. The highest BCUT2D eigenvalue weighted by Crippen LogP contribution is 2.36. The summed E-state index contributed by atoms with van der Waals surface area (Å²) in [7, 11) is -4.10. The second kappa shape index (κ2) is 6.20. The van der Waals surface area contributed by atoms with Gasteiger partial charge in [0.25, 0.3) is 0 Å². The van der Waals surface area contributed by atoms with E-state index in [-0.39, 0.29) is 17.7 Å². The number of sulfonamides is 1. The van der Waals surface area contributed by atoms with Crippen molar-refractivity contribution >= 4 is 28.3 Å². The number of aromatic nitrogens is 1. The van der Waals surface area contributed by atoms with Gasteiger partial charge in [0.05, 0.1) is 23.6 Å². The highest BCUT2D eigenvalue weighted by molar-refractivity contribution is 7.92. The number of rotatable bonds is 5. The minimum Gasteiger partial charge on any atom is -0.473 e. The van der Waals surface area contributed by atoms with Crippen LogP contribution in [0.15, 0.2) is 12.3 Å². The minimum absolute atomic E-state index is 0.139. The standard InChI is InChI=1S/C15H25BN2O5S/c1-10(2)21-13-12(18-24(7,19)20)8-11(9-17-13)16-22-14(3,4)15(5,6)23-16/h8-10,18H,1-7H3. The molecule has 0 aromatic carbocycles. The maximum atomic E-state index is 11.6. The lowest BCUT2D eigenvalue weighted by molar-refractivity contribution is 0.00578. The van der Waals surface area contributed by atoms with Gasteiger partial charge in [0, 0.05) is 11.7 Å². The molecule has 2 rings (SSSR count). The number of anilines is 1. The van der Waals surface area contributed by atoms with Crippen molar-refractivity contribution in [3.63, 3.8) is 0 Å². The first kappa shape index (κ1) is 19.0. The molecule has 0 unspecified atom stereocenters. The number of pyridine rings is 1. The lowest BCUT2D eigenvalue weighted by Gasteiger charge is -2.32. The molecule has 0 aliphatic carbocycles. The fraction of sp³-hybridized carbons (Fsp3) is 0.667. The van der Waals surface area contributed by atoms with E-state index < -0.39 is 28.3 Å². The third kappa shape index (κ3) is 4.20. The van der Waals surface area contributed by atoms with Gasteiger partial charge in [-0.15, -0.1) is 0 Å². The lowest BCUT2D eigenvalue weighted by atomic mass is 9.80. The van der Waals surface area contributed by atoms with E-state index in [1.54, 1.807) is 12.3 Å². The SMILES string of the molecule is CC(C)Oc1ncc(B2OC(C)(C)C(C)(C)O2)cc1NS(C)(=O)=O. The summed E-state index contributed by atoms with van der Waals surface area (Å²) in [6, 6.07) is 1.63. The van der Waals surface area contributed by atoms with E-state index in [1.165, 1.54) is 0 Å². The first-order valence-electron chi connectivity index (χ1n) is 7.81. The van der Waals surface area contributed by atoms with Gasteiger partial charge in [0.1, 0.15) is 5.69 Å². The van der Waals surface area contributed by atoms with Gasteiger partial charge in [-0.05, 0) is 47.6 Å². The van der Waals surface area contributed by atoms with Gasteiger partial charge in [-0.3, -0.25) is 4.72 Å². The van der Waals surface area contributed by atoms with Crippen LogP contribution in [0.1, 0.15) is 41.5 Å². The molecule has 1 aromatic heterocycles. The molecule has 0 saturated carbocycles. The van der Waals surface area contributed by atoms with Crippen LogP contribution in [0.5, 0.6) is 5.88 Å². The molecule has 1 saturated heterocycles. The Labute approximate surface area is 144 Å². The fourth-order valence-electron chi connectivity index (χ4n) is 2.17. The maximum absolute atomic E-state index is 11.6. The van der Waals surface area contributed by atoms with Crippen molar-refractivity contribution in [3.05, 3.63) is 12.3 Å². The molecule has 0 radical (unpaired) electrons. The predicted molar refractivity (Wildman–Crippen MR) is 94.2 cm³/mol. The van der Waals surface area contributed by atoms with Crippen LogP contribution in [0.2, 0.25) is 0 Å². The molecule has 24 heavy (non-hydrogen) atoms. The van der Waals surface area contributed by atoms with E-state index in [4.69, 9.17) is 14.0 Å². The van der Waals surface area contributed by atoms with Crippen LogP contribution in [-0.4, -0.2) is 44.1 Å². The number of ether oxygens (including phenoxy) is 1. The minimum atomic E-state index is -3.47. The number of nitrogens with zero attached hydrogens (tertiary/aromatic N) is 1. The van der Waals surface area contributed by atoms with Crippen LogP contribution in [0.4, 0.5) is 5.69 Å². The summed E-state index contributed by atoms with van der Waals surface area (Å²) in [5.41, 5.74) is -0.0981. The van der Waals surface area contributed by atoms with Crippen LogP contribution in [0.3, 0.4) is 0 Å². The molecule has 1 N–H and O–H groups in total. The Morgan fingerprint density at radius 3 is 2.21 bits per heavy atom. The Kier molecular flexibility index (Phi) is 4.91. The maximum Gasteiger partial charge on any atom is 0.496 e. The Morgan fingerprint density at radius 1 is 1.21 bits per heavy atom. The van der Waals surface area contributed by atoms with Crippen molar-refractivity contribution in [1.82, 2.24) is 4.98 Å². The molecular formula is C15H25BN2O5S. The summed E-state index contributed by atoms with van der Waals surface area (Å²) in [4.78, 5) is 4.23. The second-order valence-electron chi connectivity index (χ2n) is 7.25. The summed E-state index contributed by atoms with van der Waals surface area (Å²) >= 11 is 0. The Balaban J connectivity index is 2.38. The number of hydrogen-bond acceptors (Lipinski definition) is 6. The van der Waals surface area contributed by atoms with Gasteiger partial charge in [0.15, 0.2) is 0 Å². The fourth-order valence-corrected chi connectivity index (χ4v) is 2.71. The Morgan fingerprint density at radius 2 is 1.75 bits per heavy atom. The van der Waals surface area contributed by atoms with Crippen LogP contribution >= 0.6 is 0 Å². The third-order valence-corrected chi connectivity index (χ3v) is 4.63. The monoisotopic (exact) mass is 356 g/mol. The predicted octanol–water partition coefficient (Wildman–Crippen LogP) is 1.54. The molecule has 1 aliphatic heterocycles. The van der Waals surface area contributed by atoms with Crippen LogP contribution < -0.4 is 14.9 Å². The molecule has 9 heteroatoms. The second-order valence-corrected chi connectivity index (χ2v) is 9.00. The lowest BCUT2D eigenvalue weighted by Crippen LogP contribution is -2.41. The van der Waals surface area contributed by atoms with Gasteiger partial charge in [-0.25, -0.2) is 13.4 Å². The highest BCUT2D eigenvalue weighted by Gasteiger charge is 2.52. The van der Waals surface area contributed by atoms with E-state index in [0.29, 0.717) is 5.46 Å². The van der Waals surface area contributed by atoms with Crippen molar-refractivity contribution in [2.45, 2.75) is 58.8 Å². The molecule has 0 spiro atoms. The van der Waals surface area contributed by atoms with Gasteiger partial charge < -0.3 is 14.0 Å². The van der Waals surface area contributed by atoms with Gasteiger partial charge in [0.2, 0.25) is 15.9 Å². The normalized spacial score (nSPS) is 19.6. The number of nitrogens with one attached hydrogen (secondary N) is 1. The van der Waals surface area contributed by atoms with E-state index in [2.05, 4.69) is 9.71 Å². The highest BCUT2D eigenvalue weighted by atomic mass is 32.2. The van der Waals surface area contributed by atoms with Crippen LogP contribution in [-0.2, 0) is 19.3 Å². The van der Waals surface area contributed by atoms with Gasteiger partial charge in [-0.1, -0.05) is 0 Å². The number of hydrogen-bond donors (Lipinski definition) is 1. The average molecular weight is 356 g/mol. The van der Waals surface area contributed by atoms with E-state index in [0.717, 1.165) is 6.26 Å².